The molecule has 21 heavy (non-hydrogen) atoms. The molecule has 0 radical (unpaired) electrons. The first kappa shape index (κ1) is 18.6. The first-order valence-corrected chi connectivity index (χ1v) is 9.37. The fourth-order valence-corrected chi connectivity index (χ4v) is 3.59. The van der Waals surface area contributed by atoms with Gasteiger partial charge in [0.2, 0.25) is 0 Å². The fraction of sp³-hybridized carbons (Fsp3) is 0.462. The van der Waals surface area contributed by atoms with E-state index in [0.29, 0.717) is 12.8 Å². The van der Waals surface area contributed by atoms with Crippen LogP contribution in [0, 0.1) is 0 Å². The van der Waals surface area contributed by atoms with Crippen molar-refractivity contribution in [2.45, 2.75) is 44.0 Å². The summed E-state index contributed by atoms with van der Waals surface area (Å²) in [5.41, 5.74) is -0.521. The molecule has 8 heteroatoms. The Kier molecular flexibility index (Phi) is 5.95. The molecule has 0 heterocycles. The van der Waals surface area contributed by atoms with Gasteiger partial charge in [0.15, 0.2) is 0 Å². The maximum atomic E-state index is 12.4. The molecule has 0 atom stereocenters. The summed E-state index contributed by atoms with van der Waals surface area (Å²) in [7, 11) is 1.23. The SMILES string of the molecule is CCC(C)(CC)NC(=O)c1c(Cl)ccc(S(=O)(=O)Cl)c1Cl. The number of hydrogen-bond donors (Lipinski definition) is 1. The number of rotatable bonds is 5. The Morgan fingerprint density at radius 3 is 2.19 bits per heavy atom. The zero-order valence-corrected chi connectivity index (χ0v) is 14.9. The molecule has 0 unspecified atom stereocenters. The monoisotopic (exact) mass is 371 g/mol. The maximum Gasteiger partial charge on any atom is 0.262 e. The van der Waals surface area contributed by atoms with Crippen LogP contribution in [0.1, 0.15) is 44.0 Å². The van der Waals surface area contributed by atoms with E-state index in [1.165, 1.54) is 12.1 Å². The fourth-order valence-electron chi connectivity index (χ4n) is 1.69. The molecule has 1 rings (SSSR count). The van der Waals surface area contributed by atoms with Gasteiger partial charge in [0.05, 0.1) is 15.6 Å². The summed E-state index contributed by atoms with van der Waals surface area (Å²) < 4.78 is 22.9. The molecule has 1 N–H and O–H groups in total. The molecule has 0 bridgehead atoms. The summed E-state index contributed by atoms with van der Waals surface area (Å²) in [5.74, 6) is -0.529. The number of amides is 1. The Balaban J connectivity index is 3.34. The number of halogens is 3. The van der Waals surface area contributed by atoms with Crippen LogP contribution in [0.2, 0.25) is 10.0 Å². The smallest absolute Gasteiger partial charge is 0.262 e. The molecular formula is C13H16Cl3NO3S. The Hall–Kier alpha value is -0.490. The van der Waals surface area contributed by atoms with Gasteiger partial charge >= 0.3 is 0 Å². The Morgan fingerprint density at radius 1 is 1.24 bits per heavy atom. The summed E-state index contributed by atoms with van der Waals surface area (Å²) in [6.07, 6.45) is 1.41. The van der Waals surface area contributed by atoms with E-state index in [1.807, 2.05) is 20.8 Å². The normalized spacial score (nSPS) is 12.3. The van der Waals surface area contributed by atoms with Gasteiger partial charge in [0.25, 0.3) is 15.0 Å². The Labute approximate surface area is 139 Å². The van der Waals surface area contributed by atoms with E-state index in [9.17, 15) is 13.2 Å². The third kappa shape index (κ3) is 4.25. The minimum absolute atomic E-state index is 0.0659. The first-order valence-electron chi connectivity index (χ1n) is 6.31. The summed E-state index contributed by atoms with van der Waals surface area (Å²) >= 11 is 12.0. The molecule has 0 fully saturated rings. The zero-order chi connectivity index (χ0) is 16.4. The molecule has 0 aliphatic carbocycles. The molecule has 0 saturated carbocycles. The van der Waals surface area contributed by atoms with Crippen molar-refractivity contribution >= 4 is 48.8 Å². The predicted octanol–water partition coefficient (Wildman–Crippen LogP) is 4.23. The van der Waals surface area contributed by atoms with Gasteiger partial charge in [-0.1, -0.05) is 37.0 Å². The summed E-state index contributed by atoms with van der Waals surface area (Å²) in [6.45, 7) is 5.76. The highest BCUT2D eigenvalue weighted by Gasteiger charge is 2.28. The van der Waals surface area contributed by atoms with E-state index in [1.54, 1.807) is 0 Å². The van der Waals surface area contributed by atoms with Gasteiger partial charge in [0, 0.05) is 16.2 Å². The van der Waals surface area contributed by atoms with Gasteiger partial charge in [-0.05, 0) is 31.9 Å². The lowest BCUT2D eigenvalue weighted by Crippen LogP contribution is -2.45. The van der Waals surface area contributed by atoms with Gasteiger partial charge in [-0.2, -0.15) is 0 Å². The van der Waals surface area contributed by atoms with Crippen LogP contribution < -0.4 is 5.32 Å². The molecule has 1 amide bonds. The molecule has 4 nitrogen and oxygen atoms in total. The molecule has 0 aliphatic rings. The van der Waals surface area contributed by atoms with Crippen LogP contribution in [-0.4, -0.2) is 19.9 Å². The Morgan fingerprint density at radius 2 is 1.76 bits per heavy atom. The average molecular weight is 373 g/mol. The lowest BCUT2D eigenvalue weighted by molar-refractivity contribution is 0.0901. The lowest BCUT2D eigenvalue weighted by atomic mass is 9.95. The van der Waals surface area contributed by atoms with Crippen LogP contribution in [0.5, 0.6) is 0 Å². The third-order valence-corrected chi connectivity index (χ3v) is 5.71. The van der Waals surface area contributed by atoms with Crippen molar-refractivity contribution in [3.63, 3.8) is 0 Å². The molecule has 1 aromatic rings. The van der Waals surface area contributed by atoms with Crippen molar-refractivity contribution in [3.8, 4) is 0 Å². The second-order valence-electron chi connectivity index (χ2n) is 4.89. The molecule has 118 valence electrons. The maximum absolute atomic E-state index is 12.4. The topological polar surface area (TPSA) is 63.2 Å². The van der Waals surface area contributed by atoms with Crippen LogP contribution in [0.4, 0.5) is 0 Å². The number of hydrogen-bond acceptors (Lipinski definition) is 3. The van der Waals surface area contributed by atoms with Crippen LogP contribution in [-0.2, 0) is 9.05 Å². The van der Waals surface area contributed by atoms with Crippen molar-refractivity contribution in [3.05, 3.63) is 27.7 Å². The van der Waals surface area contributed by atoms with Crippen LogP contribution in [0.25, 0.3) is 0 Å². The molecular weight excluding hydrogens is 357 g/mol. The van der Waals surface area contributed by atoms with E-state index in [2.05, 4.69) is 5.32 Å². The molecule has 0 saturated heterocycles. The molecule has 0 aromatic heterocycles. The van der Waals surface area contributed by atoms with E-state index < -0.39 is 20.5 Å². The second kappa shape index (κ2) is 6.73. The van der Waals surface area contributed by atoms with E-state index in [0.717, 1.165) is 0 Å². The number of benzene rings is 1. The van der Waals surface area contributed by atoms with Crippen LogP contribution in [0.3, 0.4) is 0 Å². The Bertz CT molecular complexity index is 655. The van der Waals surface area contributed by atoms with Crippen molar-refractivity contribution in [1.82, 2.24) is 5.32 Å². The summed E-state index contributed by atoms with van der Waals surface area (Å²) in [6, 6.07) is 2.45. The van der Waals surface area contributed by atoms with Gasteiger partial charge in [-0.15, -0.1) is 0 Å². The van der Waals surface area contributed by atoms with E-state index in [4.69, 9.17) is 33.9 Å². The number of carbonyl (C=O) groups is 1. The zero-order valence-electron chi connectivity index (χ0n) is 11.8. The highest BCUT2D eigenvalue weighted by Crippen LogP contribution is 2.33. The first-order chi connectivity index (χ1) is 9.55. The minimum atomic E-state index is -4.06. The standard InChI is InChI=1S/C13H16Cl3NO3S/c1-4-13(3,5-2)17-12(18)10-8(14)6-7-9(11(10)15)21(16,19)20/h6-7H,4-5H2,1-3H3,(H,17,18). The lowest BCUT2D eigenvalue weighted by Gasteiger charge is -2.28. The predicted molar refractivity (Wildman–Crippen MR) is 86.0 cm³/mol. The van der Waals surface area contributed by atoms with Crippen molar-refractivity contribution in [2.75, 3.05) is 0 Å². The number of nitrogens with one attached hydrogen (secondary N) is 1. The molecule has 0 spiro atoms. The van der Waals surface area contributed by atoms with Crippen molar-refractivity contribution < 1.29 is 13.2 Å². The highest BCUT2D eigenvalue weighted by molar-refractivity contribution is 8.13. The largest absolute Gasteiger partial charge is 0.347 e. The average Bonchev–Trinajstić information content (AvgIpc) is 2.36. The van der Waals surface area contributed by atoms with Crippen molar-refractivity contribution in [2.24, 2.45) is 0 Å². The third-order valence-electron chi connectivity index (χ3n) is 3.52. The van der Waals surface area contributed by atoms with Gasteiger partial charge < -0.3 is 5.32 Å². The van der Waals surface area contributed by atoms with Gasteiger partial charge in [0.1, 0.15) is 4.90 Å². The van der Waals surface area contributed by atoms with Gasteiger partial charge in [-0.3, -0.25) is 4.79 Å². The second-order valence-corrected chi connectivity index (χ2v) is 8.21. The van der Waals surface area contributed by atoms with E-state index >= 15 is 0 Å². The van der Waals surface area contributed by atoms with Crippen molar-refractivity contribution in [1.29, 1.82) is 0 Å². The summed E-state index contributed by atoms with van der Waals surface area (Å²) in [5, 5.41) is 2.62. The van der Waals surface area contributed by atoms with E-state index in [-0.39, 0.29) is 20.5 Å². The summed E-state index contributed by atoms with van der Waals surface area (Å²) in [4.78, 5) is 12.0. The quantitative estimate of drug-likeness (QED) is 0.787. The minimum Gasteiger partial charge on any atom is -0.347 e. The number of carbonyl (C=O) groups excluding carboxylic acids is 1. The van der Waals surface area contributed by atoms with Gasteiger partial charge in [-0.25, -0.2) is 8.42 Å². The molecule has 1 aromatic carbocycles. The highest BCUT2D eigenvalue weighted by atomic mass is 35.7. The van der Waals surface area contributed by atoms with Crippen LogP contribution >= 0.6 is 33.9 Å². The van der Waals surface area contributed by atoms with Crippen LogP contribution in [0.15, 0.2) is 17.0 Å². The molecule has 0 aliphatic heterocycles.